The Morgan fingerprint density at radius 3 is 2.38 bits per heavy atom. The van der Waals surface area contributed by atoms with Gasteiger partial charge in [0.15, 0.2) is 0 Å². The third-order valence-electron chi connectivity index (χ3n) is 5.36. The molecule has 0 saturated carbocycles. The lowest BCUT2D eigenvalue weighted by Crippen LogP contribution is -2.50. The molecule has 1 aromatic heterocycles. The highest BCUT2D eigenvalue weighted by atomic mass is 32.2. The number of carbonyl (C=O) groups is 2. The summed E-state index contributed by atoms with van der Waals surface area (Å²) in [5.74, 6) is 0.0830. The van der Waals surface area contributed by atoms with Crippen LogP contribution in [0.4, 0.5) is 0 Å². The smallest absolute Gasteiger partial charge is 0.243 e. The number of methoxy groups -OCH3 is 1. The van der Waals surface area contributed by atoms with Gasteiger partial charge in [0.25, 0.3) is 0 Å². The number of rotatable bonds is 11. The monoisotopic (exact) mass is 490 g/mol. The average Bonchev–Trinajstić information content (AvgIpc) is 2.87. The lowest BCUT2D eigenvalue weighted by molar-refractivity contribution is -0.134. The maximum absolute atomic E-state index is 12.7. The molecule has 3 rings (SSSR count). The number of hydrogen-bond acceptors (Lipinski definition) is 7. The van der Waals surface area contributed by atoms with Crippen LogP contribution in [0.1, 0.15) is 18.4 Å². The lowest BCUT2D eigenvalue weighted by Gasteiger charge is -2.34. The summed E-state index contributed by atoms with van der Waals surface area (Å²) >= 11 is 0. The van der Waals surface area contributed by atoms with Gasteiger partial charge in [-0.2, -0.15) is 4.31 Å². The van der Waals surface area contributed by atoms with Crippen LogP contribution in [0, 0.1) is 0 Å². The summed E-state index contributed by atoms with van der Waals surface area (Å²) in [6.07, 6.45) is 1.76. The third-order valence-corrected chi connectivity index (χ3v) is 7.28. The Labute approximate surface area is 199 Å². The molecule has 1 fully saturated rings. The van der Waals surface area contributed by atoms with Gasteiger partial charge in [-0.05, 0) is 17.7 Å². The number of pyridine rings is 1. The van der Waals surface area contributed by atoms with E-state index in [9.17, 15) is 18.0 Å². The fourth-order valence-corrected chi connectivity index (χ4v) is 4.86. The fraction of sp³-hybridized carbons (Fsp3) is 0.435. The molecule has 0 radical (unpaired) electrons. The Morgan fingerprint density at radius 1 is 1.00 bits per heavy atom. The van der Waals surface area contributed by atoms with E-state index in [1.807, 2.05) is 6.07 Å². The third kappa shape index (κ3) is 7.24. The van der Waals surface area contributed by atoms with E-state index in [2.05, 4.69) is 10.3 Å². The zero-order chi connectivity index (χ0) is 24.4. The summed E-state index contributed by atoms with van der Waals surface area (Å²) in [7, 11) is -1.97. The van der Waals surface area contributed by atoms with E-state index >= 15 is 0 Å². The first-order valence-electron chi connectivity index (χ1n) is 11.1. The highest BCUT2D eigenvalue weighted by molar-refractivity contribution is 7.89. The first-order valence-corrected chi connectivity index (χ1v) is 12.5. The Kier molecular flexibility index (Phi) is 9.37. The van der Waals surface area contributed by atoms with Crippen LogP contribution in [0.3, 0.4) is 0 Å². The molecule has 184 valence electrons. The van der Waals surface area contributed by atoms with E-state index in [0.717, 1.165) is 5.56 Å². The van der Waals surface area contributed by atoms with Crippen molar-refractivity contribution in [2.45, 2.75) is 24.3 Å². The van der Waals surface area contributed by atoms with Gasteiger partial charge in [0.2, 0.25) is 27.7 Å². The molecule has 1 aromatic carbocycles. The number of hydrogen-bond donors (Lipinski definition) is 1. The first-order chi connectivity index (χ1) is 16.4. The minimum atomic E-state index is -3.57. The van der Waals surface area contributed by atoms with E-state index in [0.29, 0.717) is 38.7 Å². The standard InChI is InChI=1S/C23H30N4O6S/c1-32-15-16-33-22-9-7-19(18-25-22)17-24-21(28)8-10-23(29)26-11-13-27(14-12-26)34(30,31)20-5-3-2-4-6-20/h2-7,9,18H,8,10-17H2,1H3,(H,24,28). The van der Waals surface area contributed by atoms with Crippen LogP contribution in [0.5, 0.6) is 5.88 Å². The number of sulfonamides is 1. The summed E-state index contributed by atoms with van der Waals surface area (Å²) < 4.78 is 37.1. The van der Waals surface area contributed by atoms with Gasteiger partial charge in [-0.3, -0.25) is 9.59 Å². The van der Waals surface area contributed by atoms with Gasteiger partial charge in [-0.25, -0.2) is 13.4 Å². The Hall–Kier alpha value is -3.02. The molecule has 10 nitrogen and oxygen atoms in total. The van der Waals surface area contributed by atoms with Crippen molar-refractivity contribution in [3.63, 3.8) is 0 Å². The molecular weight excluding hydrogens is 460 g/mol. The number of aromatic nitrogens is 1. The SMILES string of the molecule is COCCOc1ccc(CNC(=O)CCC(=O)N2CCN(S(=O)(=O)c3ccccc3)CC2)cn1. The Morgan fingerprint density at radius 2 is 1.74 bits per heavy atom. The van der Waals surface area contributed by atoms with Crippen molar-refractivity contribution in [3.8, 4) is 5.88 Å². The highest BCUT2D eigenvalue weighted by Gasteiger charge is 2.29. The van der Waals surface area contributed by atoms with Gasteiger partial charge in [0.1, 0.15) is 6.61 Å². The van der Waals surface area contributed by atoms with Crippen LogP contribution < -0.4 is 10.1 Å². The number of amides is 2. The van der Waals surface area contributed by atoms with Gasteiger partial charge >= 0.3 is 0 Å². The first kappa shape index (κ1) is 25.6. The van der Waals surface area contributed by atoms with E-state index in [4.69, 9.17) is 9.47 Å². The minimum absolute atomic E-state index is 0.0625. The molecule has 34 heavy (non-hydrogen) atoms. The largest absolute Gasteiger partial charge is 0.475 e. The van der Waals surface area contributed by atoms with Gasteiger partial charge in [0.05, 0.1) is 11.5 Å². The topological polar surface area (TPSA) is 118 Å². The van der Waals surface area contributed by atoms with E-state index in [1.54, 1.807) is 54.6 Å². The lowest BCUT2D eigenvalue weighted by atomic mass is 10.2. The maximum atomic E-state index is 12.7. The van der Waals surface area contributed by atoms with E-state index in [-0.39, 0.29) is 42.6 Å². The number of nitrogens with zero attached hydrogens (tertiary/aromatic N) is 3. The molecule has 2 aromatic rings. The molecule has 0 aliphatic carbocycles. The molecule has 1 aliphatic rings. The van der Waals surface area contributed by atoms with Gasteiger partial charge < -0.3 is 19.7 Å². The fourth-order valence-electron chi connectivity index (χ4n) is 3.42. The van der Waals surface area contributed by atoms with Gasteiger partial charge in [-0.15, -0.1) is 0 Å². The zero-order valence-electron chi connectivity index (χ0n) is 19.2. The average molecular weight is 491 g/mol. The van der Waals surface area contributed by atoms with Crippen molar-refractivity contribution in [1.82, 2.24) is 19.5 Å². The minimum Gasteiger partial charge on any atom is -0.475 e. The second kappa shape index (κ2) is 12.4. The number of ether oxygens (including phenoxy) is 2. The Balaban J connectivity index is 1.37. The van der Waals surface area contributed by atoms with Crippen molar-refractivity contribution in [2.24, 2.45) is 0 Å². The predicted molar refractivity (Wildman–Crippen MR) is 124 cm³/mol. The summed E-state index contributed by atoms with van der Waals surface area (Å²) in [5, 5.41) is 2.78. The van der Waals surface area contributed by atoms with Crippen LogP contribution in [0.2, 0.25) is 0 Å². The number of piperazine rings is 1. The number of carbonyl (C=O) groups excluding carboxylic acids is 2. The Bertz CT molecular complexity index is 1040. The molecule has 0 unspecified atom stereocenters. The molecule has 11 heteroatoms. The van der Waals surface area contributed by atoms with Crippen LogP contribution in [0.25, 0.3) is 0 Å². The summed E-state index contributed by atoms with van der Waals surface area (Å²) in [6, 6.07) is 11.8. The van der Waals surface area contributed by atoms with E-state index < -0.39 is 10.0 Å². The van der Waals surface area contributed by atoms with Crippen LogP contribution in [-0.2, 0) is 30.9 Å². The molecule has 0 bridgehead atoms. The quantitative estimate of drug-likeness (QED) is 0.468. The summed E-state index contributed by atoms with van der Waals surface area (Å²) in [6.45, 7) is 2.25. The summed E-state index contributed by atoms with van der Waals surface area (Å²) in [4.78, 5) is 30.7. The van der Waals surface area contributed by atoms with Crippen molar-refractivity contribution in [3.05, 3.63) is 54.2 Å². The highest BCUT2D eigenvalue weighted by Crippen LogP contribution is 2.17. The van der Waals surface area contributed by atoms with Crippen molar-refractivity contribution in [2.75, 3.05) is 46.5 Å². The van der Waals surface area contributed by atoms with E-state index in [1.165, 1.54) is 4.31 Å². The number of benzene rings is 1. The molecule has 1 saturated heterocycles. The maximum Gasteiger partial charge on any atom is 0.243 e. The molecule has 1 N–H and O–H groups in total. The normalized spacial score (nSPS) is 14.6. The van der Waals surface area contributed by atoms with Crippen molar-refractivity contribution < 1.29 is 27.5 Å². The zero-order valence-corrected chi connectivity index (χ0v) is 20.0. The van der Waals surface area contributed by atoms with Crippen LogP contribution in [-0.4, -0.2) is 80.9 Å². The molecular formula is C23H30N4O6S. The predicted octanol–water partition coefficient (Wildman–Crippen LogP) is 1.04. The number of nitrogens with one attached hydrogen (secondary N) is 1. The summed E-state index contributed by atoms with van der Waals surface area (Å²) in [5.41, 5.74) is 0.814. The van der Waals surface area contributed by atoms with Crippen LogP contribution in [0.15, 0.2) is 53.6 Å². The van der Waals surface area contributed by atoms with Gasteiger partial charge in [0, 0.05) is 64.9 Å². The van der Waals surface area contributed by atoms with Crippen molar-refractivity contribution >= 4 is 21.8 Å². The molecule has 2 amide bonds. The second-order valence-electron chi connectivity index (χ2n) is 7.72. The van der Waals surface area contributed by atoms with Crippen LogP contribution >= 0.6 is 0 Å². The molecule has 2 heterocycles. The second-order valence-corrected chi connectivity index (χ2v) is 9.66. The van der Waals surface area contributed by atoms with Gasteiger partial charge in [-0.1, -0.05) is 24.3 Å². The molecule has 0 atom stereocenters. The van der Waals surface area contributed by atoms with Crippen molar-refractivity contribution in [1.29, 1.82) is 0 Å². The molecule has 0 spiro atoms. The molecule has 1 aliphatic heterocycles.